The third-order valence-corrected chi connectivity index (χ3v) is 5.81. The van der Waals surface area contributed by atoms with Crippen molar-refractivity contribution in [2.75, 3.05) is 19.4 Å². The predicted molar refractivity (Wildman–Crippen MR) is 150 cm³/mol. The van der Waals surface area contributed by atoms with E-state index in [-0.39, 0.29) is 36.4 Å². The minimum Gasteiger partial charge on any atom is -0.465 e. The highest BCUT2D eigenvalue weighted by Gasteiger charge is 2.22. The van der Waals surface area contributed by atoms with Crippen molar-refractivity contribution in [3.63, 3.8) is 0 Å². The van der Waals surface area contributed by atoms with E-state index >= 15 is 0 Å². The number of hydrogen-bond donors (Lipinski definition) is 4. The molecular formula is C27H36N8O5. The van der Waals surface area contributed by atoms with Gasteiger partial charge in [0.2, 0.25) is 11.8 Å². The van der Waals surface area contributed by atoms with E-state index in [9.17, 15) is 24.3 Å². The molecule has 3 rings (SSSR count). The van der Waals surface area contributed by atoms with Gasteiger partial charge in [-0.25, -0.2) is 19.7 Å². The topological polar surface area (TPSA) is 175 Å². The average molecular weight is 553 g/mol. The van der Waals surface area contributed by atoms with Gasteiger partial charge in [0.1, 0.15) is 28.9 Å². The van der Waals surface area contributed by atoms with Crippen molar-refractivity contribution in [2.45, 2.75) is 59.5 Å². The van der Waals surface area contributed by atoms with Gasteiger partial charge in [-0.05, 0) is 49.8 Å². The Labute approximate surface area is 231 Å². The zero-order chi connectivity index (χ0) is 29.6. The van der Waals surface area contributed by atoms with E-state index in [1.165, 1.54) is 21.6 Å². The molecule has 0 saturated heterocycles. The second-order valence-corrected chi connectivity index (χ2v) is 10.9. The van der Waals surface area contributed by atoms with Crippen molar-refractivity contribution >= 4 is 34.8 Å². The van der Waals surface area contributed by atoms with E-state index in [4.69, 9.17) is 0 Å². The van der Waals surface area contributed by atoms with Gasteiger partial charge in [0.25, 0.3) is 5.56 Å². The Balaban J connectivity index is 1.78. The number of allylic oxidation sites excluding steroid dienone is 1. The number of anilines is 1. The zero-order valence-corrected chi connectivity index (χ0v) is 23.6. The molecule has 0 spiro atoms. The third-order valence-electron chi connectivity index (χ3n) is 5.81. The van der Waals surface area contributed by atoms with Crippen LogP contribution in [0.4, 0.5) is 10.5 Å². The number of nitrogens with zero attached hydrogens (tertiary/aromatic N) is 5. The molecule has 0 aliphatic carbocycles. The molecule has 3 amide bonds. The van der Waals surface area contributed by atoms with Gasteiger partial charge in [-0.1, -0.05) is 26.8 Å². The molecule has 0 fully saturated rings. The number of pyridine rings is 1. The van der Waals surface area contributed by atoms with Gasteiger partial charge in [-0.15, -0.1) is 0 Å². The summed E-state index contributed by atoms with van der Waals surface area (Å²) in [4.78, 5) is 67.2. The average Bonchev–Trinajstić information content (AvgIpc) is 3.24. The summed E-state index contributed by atoms with van der Waals surface area (Å²) in [7, 11) is 3.21. The van der Waals surface area contributed by atoms with E-state index in [1.54, 1.807) is 32.4 Å². The van der Waals surface area contributed by atoms with Gasteiger partial charge in [-0.3, -0.25) is 14.4 Å². The lowest BCUT2D eigenvalue weighted by Gasteiger charge is -2.17. The summed E-state index contributed by atoms with van der Waals surface area (Å²) in [6.45, 7) is 8.25. The number of nitrogens with one attached hydrogen (secondary N) is 3. The fourth-order valence-corrected chi connectivity index (χ4v) is 3.98. The van der Waals surface area contributed by atoms with Crippen LogP contribution in [0.3, 0.4) is 0 Å². The van der Waals surface area contributed by atoms with Crippen molar-refractivity contribution in [1.82, 2.24) is 34.7 Å². The van der Waals surface area contributed by atoms with Crippen LogP contribution in [0.2, 0.25) is 0 Å². The molecule has 1 unspecified atom stereocenters. The number of aryl methyl sites for hydroxylation is 1. The third kappa shape index (κ3) is 8.22. The van der Waals surface area contributed by atoms with E-state index in [0.29, 0.717) is 29.2 Å². The Morgan fingerprint density at radius 3 is 2.58 bits per heavy atom. The standard InChI is InChI=1S/C27H36N8O5/c1-16-28-19(14-27(2,3)4)22-23(29-16)33-20(32-22)15-35-13-9-11-18(25(35)38)30-24(37)17(31-26(39)40)10-7-8-12-21(36)34(5)6/h8-9,11-13,17,31H,7,10,14-15H2,1-6H3,(H,30,37)(H,39,40)(H,28,29,32,33)/b12-8+. The van der Waals surface area contributed by atoms with Crippen LogP contribution in [-0.2, 0) is 22.6 Å². The molecule has 0 aliphatic heterocycles. The maximum Gasteiger partial charge on any atom is 0.405 e. The van der Waals surface area contributed by atoms with Crippen LogP contribution in [0.1, 0.15) is 51.0 Å². The summed E-state index contributed by atoms with van der Waals surface area (Å²) < 4.78 is 1.38. The Morgan fingerprint density at radius 2 is 1.93 bits per heavy atom. The molecule has 3 aromatic heterocycles. The van der Waals surface area contributed by atoms with Crippen LogP contribution in [-0.4, -0.2) is 72.6 Å². The van der Waals surface area contributed by atoms with Crippen molar-refractivity contribution in [3.8, 4) is 0 Å². The Kier molecular flexibility index (Phi) is 9.40. The molecule has 0 saturated carbocycles. The monoisotopic (exact) mass is 552 g/mol. The van der Waals surface area contributed by atoms with Crippen LogP contribution >= 0.6 is 0 Å². The molecule has 40 heavy (non-hydrogen) atoms. The van der Waals surface area contributed by atoms with Crippen molar-refractivity contribution in [3.05, 3.63) is 58.2 Å². The summed E-state index contributed by atoms with van der Waals surface area (Å²) in [6.07, 6.45) is 4.16. The number of H-pyrrole nitrogens is 1. The first-order valence-electron chi connectivity index (χ1n) is 12.8. The first kappa shape index (κ1) is 30.0. The quantitative estimate of drug-likeness (QED) is 0.277. The second kappa shape index (κ2) is 12.5. The second-order valence-electron chi connectivity index (χ2n) is 10.9. The molecule has 214 valence electrons. The number of likely N-dealkylation sites (N-methyl/N-ethyl adjacent to an activating group) is 1. The van der Waals surface area contributed by atoms with Gasteiger partial charge >= 0.3 is 6.09 Å². The van der Waals surface area contributed by atoms with E-state index < -0.39 is 23.6 Å². The smallest absolute Gasteiger partial charge is 0.405 e. The fraction of sp³-hybridized carbons (Fsp3) is 0.444. The van der Waals surface area contributed by atoms with Crippen molar-refractivity contribution in [1.29, 1.82) is 0 Å². The first-order chi connectivity index (χ1) is 18.7. The number of aromatic amines is 1. The molecular weight excluding hydrogens is 516 g/mol. The molecule has 13 nitrogen and oxygen atoms in total. The number of carbonyl (C=O) groups excluding carboxylic acids is 2. The van der Waals surface area contributed by atoms with Crippen LogP contribution < -0.4 is 16.2 Å². The maximum atomic E-state index is 13.2. The molecule has 13 heteroatoms. The predicted octanol–water partition coefficient (Wildman–Crippen LogP) is 2.46. The molecule has 1 atom stereocenters. The number of carbonyl (C=O) groups is 3. The van der Waals surface area contributed by atoms with Crippen LogP contribution in [0.5, 0.6) is 0 Å². The van der Waals surface area contributed by atoms with Crippen LogP contribution in [0.25, 0.3) is 11.2 Å². The number of fused-ring (bicyclic) bond motifs is 1. The highest BCUT2D eigenvalue weighted by atomic mass is 16.4. The lowest BCUT2D eigenvalue weighted by molar-refractivity contribution is -0.123. The minimum absolute atomic E-state index is 0.0103. The molecule has 0 aromatic carbocycles. The number of hydrogen-bond acceptors (Lipinski definition) is 7. The summed E-state index contributed by atoms with van der Waals surface area (Å²) in [5, 5.41) is 13.9. The SMILES string of the molecule is Cc1nc(CC(C)(C)C)c2nc(Cn3cccc(NC(=O)C(CC/C=C/C(=O)N(C)C)NC(=O)O)c3=O)[nH]c2n1. The lowest BCUT2D eigenvalue weighted by atomic mass is 9.90. The fourth-order valence-electron chi connectivity index (χ4n) is 3.98. The Morgan fingerprint density at radius 1 is 1.20 bits per heavy atom. The Bertz CT molecular complexity index is 1480. The number of aromatic nitrogens is 5. The van der Waals surface area contributed by atoms with Gasteiger partial charge < -0.3 is 30.2 Å². The van der Waals surface area contributed by atoms with Crippen molar-refractivity contribution in [2.24, 2.45) is 5.41 Å². The highest BCUT2D eigenvalue weighted by molar-refractivity contribution is 5.96. The normalized spacial score (nSPS) is 12.4. The van der Waals surface area contributed by atoms with Gasteiger partial charge in [-0.2, -0.15) is 0 Å². The Hall–Kier alpha value is -4.55. The summed E-state index contributed by atoms with van der Waals surface area (Å²) in [6, 6.07) is 1.91. The van der Waals surface area contributed by atoms with Gasteiger partial charge in [0.15, 0.2) is 5.65 Å². The van der Waals surface area contributed by atoms with Gasteiger partial charge in [0.05, 0.1) is 12.2 Å². The zero-order valence-electron chi connectivity index (χ0n) is 23.6. The molecule has 0 radical (unpaired) electrons. The molecule has 3 heterocycles. The van der Waals surface area contributed by atoms with E-state index in [1.807, 2.05) is 6.92 Å². The lowest BCUT2D eigenvalue weighted by Crippen LogP contribution is -2.44. The maximum absolute atomic E-state index is 13.2. The minimum atomic E-state index is -1.38. The number of imidazole rings is 1. The number of amides is 3. The summed E-state index contributed by atoms with van der Waals surface area (Å²) in [5.41, 5.74) is 1.55. The molecule has 3 aromatic rings. The van der Waals surface area contributed by atoms with E-state index in [0.717, 1.165) is 5.69 Å². The number of carboxylic acid groups (broad SMARTS) is 1. The molecule has 0 aliphatic rings. The molecule has 4 N–H and O–H groups in total. The van der Waals surface area contributed by atoms with Crippen LogP contribution in [0, 0.1) is 12.3 Å². The summed E-state index contributed by atoms with van der Waals surface area (Å²) in [5.74, 6) is 0.202. The molecule has 0 bridgehead atoms. The first-order valence-corrected chi connectivity index (χ1v) is 12.8. The van der Waals surface area contributed by atoms with Crippen LogP contribution in [0.15, 0.2) is 35.3 Å². The largest absolute Gasteiger partial charge is 0.465 e. The van der Waals surface area contributed by atoms with Crippen molar-refractivity contribution < 1.29 is 19.5 Å². The van der Waals surface area contributed by atoms with E-state index in [2.05, 4.69) is 51.3 Å². The van der Waals surface area contributed by atoms with Gasteiger partial charge in [0, 0.05) is 20.3 Å². The highest BCUT2D eigenvalue weighted by Crippen LogP contribution is 2.24. The summed E-state index contributed by atoms with van der Waals surface area (Å²) >= 11 is 0. The number of rotatable bonds is 10.